The van der Waals surface area contributed by atoms with E-state index in [4.69, 9.17) is 9.47 Å². The summed E-state index contributed by atoms with van der Waals surface area (Å²) in [5.41, 5.74) is 3.08. The zero-order valence-electron chi connectivity index (χ0n) is 19.7. The Morgan fingerprint density at radius 2 is 1.76 bits per heavy atom. The molecule has 2 aromatic carbocycles. The van der Waals surface area contributed by atoms with Crippen LogP contribution >= 0.6 is 0 Å². The standard InChI is InChI=1S/C28H33N3O3/c32-28(25-8-1-2-9-26(25)34-20-17-30-15-18-33-19-16-30)31-13-10-22(11-14-31)21-24-6-3-5-23-7-4-12-29-27(23)24/h1-9,12,22H,10-11,13-21H2. The smallest absolute Gasteiger partial charge is 0.257 e. The predicted molar refractivity (Wildman–Crippen MR) is 133 cm³/mol. The fraction of sp³-hybridized carbons (Fsp3) is 0.429. The second-order valence-electron chi connectivity index (χ2n) is 9.23. The highest BCUT2D eigenvalue weighted by molar-refractivity contribution is 5.97. The number of hydrogen-bond acceptors (Lipinski definition) is 5. The number of pyridine rings is 1. The van der Waals surface area contributed by atoms with Gasteiger partial charge >= 0.3 is 0 Å². The van der Waals surface area contributed by atoms with Crippen molar-refractivity contribution in [2.45, 2.75) is 19.3 Å². The minimum atomic E-state index is 0.0762. The van der Waals surface area contributed by atoms with Crippen LogP contribution in [0.4, 0.5) is 0 Å². The lowest BCUT2D eigenvalue weighted by molar-refractivity contribution is 0.0321. The second-order valence-corrected chi connectivity index (χ2v) is 9.23. The molecule has 0 bridgehead atoms. The van der Waals surface area contributed by atoms with Crippen molar-refractivity contribution < 1.29 is 14.3 Å². The fourth-order valence-electron chi connectivity index (χ4n) is 5.03. The average molecular weight is 460 g/mol. The summed E-state index contributed by atoms with van der Waals surface area (Å²) < 4.78 is 11.5. The van der Waals surface area contributed by atoms with Crippen molar-refractivity contribution in [2.75, 3.05) is 52.5 Å². The maximum absolute atomic E-state index is 13.3. The SMILES string of the molecule is O=C(c1ccccc1OCCN1CCOCC1)N1CCC(Cc2cccc3cccnc23)CC1. The molecule has 2 aliphatic rings. The highest BCUT2D eigenvalue weighted by Gasteiger charge is 2.26. The van der Waals surface area contributed by atoms with Crippen LogP contribution in [0.3, 0.4) is 0 Å². The minimum Gasteiger partial charge on any atom is -0.491 e. The Kier molecular flexibility index (Phi) is 7.37. The summed E-state index contributed by atoms with van der Waals surface area (Å²) in [7, 11) is 0. The van der Waals surface area contributed by atoms with Crippen LogP contribution in [0.5, 0.6) is 5.75 Å². The molecule has 2 aliphatic heterocycles. The Hall–Kier alpha value is -2.96. The van der Waals surface area contributed by atoms with Crippen molar-refractivity contribution in [3.63, 3.8) is 0 Å². The van der Waals surface area contributed by atoms with Crippen LogP contribution < -0.4 is 4.74 Å². The van der Waals surface area contributed by atoms with Crippen LogP contribution in [0.25, 0.3) is 10.9 Å². The number of carbonyl (C=O) groups is 1. The van der Waals surface area contributed by atoms with Gasteiger partial charge < -0.3 is 14.4 Å². The highest BCUT2D eigenvalue weighted by atomic mass is 16.5. The predicted octanol–water partition coefficient (Wildman–Crippen LogP) is 4.04. The third-order valence-electron chi connectivity index (χ3n) is 7.01. The molecule has 178 valence electrons. The molecule has 1 amide bonds. The number of aromatic nitrogens is 1. The number of piperidine rings is 1. The van der Waals surface area contributed by atoms with E-state index in [1.165, 1.54) is 10.9 Å². The first-order chi connectivity index (χ1) is 16.8. The Balaban J connectivity index is 1.16. The number of amides is 1. The third kappa shape index (κ3) is 5.40. The first kappa shape index (κ1) is 22.8. The van der Waals surface area contributed by atoms with E-state index in [-0.39, 0.29) is 5.91 Å². The zero-order chi connectivity index (χ0) is 23.2. The Morgan fingerprint density at radius 3 is 2.62 bits per heavy atom. The lowest BCUT2D eigenvalue weighted by Crippen LogP contribution is -2.39. The first-order valence-corrected chi connectivity index (χ1v) is 12.4. The quantitative estimate of drug-likeness (QED) is 0.534. The molecule has 34 heavy (non-hydrogen) atoms. The molecule has 3 heterocycles. The molecule has 0 saturated carbocycles. The zero-order valence-corrected chi connectivity index (χ0v) is 19.7. The van der Waals surface area contributed by atoms with Gasteiger partial charge in [-0.3, -0.25) is 14.7 Å². The van der Waals surface area contributed by atoms with E-state index in [9.17, 15) is 4.79 Å². The van der Waals surface area contributed by atoms with Gasteiger partial charge in [0.2, 0.25) is 0 Å². The molecule has 0 unspecified atom stereocenters. The molecule has 2 fully saturated rings. The van der Waals surface area contributed by atoms with Crippen molar-refractivity contribution >= 4 is 16.8 Å². The number of nitrogens with zero attached hydrogens (tertiary/aromatic N) is 3. The van der Waals surface area contributed by atoms with Crippen LogP contribution in [0.2, 0.25) is 0 Å². The van der Waals surface area contributed by atoms with Crippen LogP contribution in [-0.2, 0) is 11.2 Å². The van der Waals surface area contributed by atoms with Crippen molar-refractivity contribution in [1.82, 2.24) is 14.8 Å². The largest absolute Gasteiger partial charge is 0.491 e. The normalized spacial score (nSPS) is 17.7. The number of likely N-dealkylation sites (tertiary alicyclic amines) is 1. The molecule has 6 heteroatoms. The summed E-state index contributed by atoms with van der Waals surface area (Å²) in [6, 6.07) is 18.2. The molecule has 2 saturated heterocycles. The third-order valence-corrected chi connectivity index (χ3v) is 7.01. The Labute approximate surface area is 201 Å². The topological polar surface area (TPSA) is 54.9 Å². The fourth-order valence-corrected chi connectivity index (χ4v) is 5.03. The Morgan fingerprint density at radius 1 is 0.971 bits per heavy atom. The van der Waals surface area contributed by atoms with Gasteiger partial charge in [-0.15, -0.1) is 0 Å². The average Bonchev–Trinajstić information content (AvgIpc) is 2.90. The molecule has 0 aliphatic carbocycles. The molecular formula is C28H33N3O3. The molecule has 5 rings (SSSR count). The van der Waals surface area contributed by atoms with E-state index in [1.54, 1.807) is 0 Å². The molecule has 1 aromatic heterocycles. The summed E-state index contributed by atoms with van der Waals surface area (Å²) in [5, 5.41) is 1.19. The summed E-state index contributed by atoms with van der Waals surface area (Å²) in [6.07, 6.45) is 4.90. The number of carbonyl (C=O) groups excluding carboxylic acids is 1. The number of morpholine rings is 1. The van der Waals surface area contributed by atoms with Crippen molar-refractivity contribution in [3.8, 4) is 5.75 Å². The van der Waals surface area contributed by atoms with E-state index in [0.717, 1.165) is 70.7 Å². The van der Waals surface area contributed by atoms with Crippen LogP contribution in [0.15, 0.2) is 60.8 Å². The van der Waals surface area contributed by atoms with E-state index < -0.39 is 0 Å². The number of ether oxygens (including phenoxy) is 2. The number of fused-ring (bicyclic) bond motifs is 1. The molecule has 0 spiro atoms. The van der Waals surface area contributed by atoms with Gasteiger partial charge in [0.25, 0.3) is 5.91 Å². The first-order valence-electron chi connectivity index (χ1n) is 12.4. The number of rotatable bonds is 7. The van der Waals surface area contributed by atoms with Gasteiger partial charge in [0.05, 0.1) is 24.3 Å². The molecule has 3 aromatic rings. The molecule has 0 atom stereocenters. The van der Waals surface area contributed by atoms with Crippen LogP contribution in [0.1, 0.15) is 28.8 Å². The van der Waals surface area contributed by atoms with Gasteiger partial charge in [-0.05, 0) is 48.9 Å². The monoisotopic (exact) mass is 459 g/mol. The summed E-state index contributed by atoms with van der Waals surface area (Å²) in [5.74, 6) is 1.33. The van der Waals surface area contributed by atoms with E-state index >= 15 is 0 Å². The van der Waals surface area contributed by atoms with Gasteiger partial charge in [-0.1, -0.05) is 36.4 Å². The highest BCUT2D eigenvalue weighted by Crippen LogP contribution is 2.27. The van der Waals surface area contributed by atoms with Crippen LogP contribution in [0, 0.1) is 5.92 Å². The van der Waals surface area contributed by atoms with Gasteiger partial charge in [0.15, 0.2) is 0 Å². The molecule has 0 N–H and O–H groups in total. The summed E-state index contributed by atoms with van der Waals surface area (Å²) in [6.45, 7) is 6.42. The van der Waals surface area contributed by atoms with E-state index in [0.29, 0.717) is 23.8 Å². The van der Waals surface area contributed by atoms with E-state index in [1.807, 2.05) is 41.4 Å². The molecule has 6 nitrogen and oxygen atoms in total. The maximum atomic E-state index is 13.3. The molecule has 0 radical (unpaired) electrons. The number of para-hydroxylation sites is 2. The number of benzene rings is 2. The van der Waals surface area contributed by atoms with Crippen molar-refractivity contribution in [2.24, 2.45) is 5.92 Å². The van der Waals surface area contributed by atoms with Crippen molar-refractivity contribution in [1.29, 1.82) is 0 Å². The lowest BCUT2D eigenvalue weighted by atomic mass is 9.89. The molecular weight excluding hydrogens is 426 g/mol. The maximum Gasteiger partial charge on any atom is 0.257 e. The van der Waals surface area contributed by atoms with Gasteiger partial charge in [0, 0.05) is 44.3 Å². The summed E-state index contributed by atoms with van der Waals surface area (Å²) >= 11 is 0. The summed E-state index contributed by atoms with van der Waals surface area (Å²) in [4.78, 5) is 22.3. The second kappa shape index (κ2) is 11.0. The van der Waals surface area contributed by atoms with Gasteiger partial charge in [-0.2, -0.15) is 0 Å². The lowest BCUT2D eigenvalue weighted by Gasteiger charge is -2.32. The minimum absolute atomic E-state index is 0.0762. The van der Waals surface area contributed by atoms with Crippen LogP contribution in [-0.4, -0.2) is 73.2 Å². The van der Waals surface area contributed by atoms with E-state index in [2.05, 4.69) is 34.1 Å². The van der Waals surface area contributed by atoms with Crippen molar-refractivity contribution in [3.05, 3.63) is 71.9 Å². The van der Waals surface area contributed by atoms with Gasteiger partial charge in [0.1, 0.15) is 12.4 Å². The Bertz CT molecular complexity index is 1100. The number of hydrogen-bond donors (Lipinski definition) is 0. The van der Waals surface area contributed by atoms with Gasteiger partial charge in [-0.25, -0.2) is 0 Å².